The number of esters is 1. The van der Waals surface area contributed by atoms with Crippen LogP contribution in [-0.2, 0) is 20.7 Å². The van der Waals surface area contributed by atoms with Gasteiger partial charge in [0, 0.05) is 17.9 Å². The van der Waals surface area contributed by atoms with Gasteiger partial charge >= 0.3 is 5.97 Å². The molecule has 0 radical (unpaired) electrons. The molecular weight excluding hydrogens is 366 g/mol. The quantitative estimate of drug-likeness (QED) is 0.452. The third-order valence-electron chi connectivity index (χ3n) is 8.32. The maximum atomic E-state index is 12.7. The number of fused-ring (bicyclic) bond motifs is 2. The lowest BCUT2D eigenvalue weighted by Gasteiger charge is -2.48. The fourth-order valence-electron chi connectivity index (χ4n) is 6.86. The van der Waals surface area contributed by atoms with E-state index in [1.807, 2.05) is 18.2 Å². The second-order valence-electron chi connectivity index (χ2n) is 9.81. The van der Waals surface area contributed by atoms with Gasteiger partial charge in [0.25, 0.3) is 0 Å². The molecule has 2 aliphatic heterocycles. The van der Waals surface area contributed by atoms with Crippen molar-refractivity contribution in [3.05, 3.63) is 29.8 Å². The van der Waals surface area contributed by atoms with Gasteiger partial charge < -0.3 is 19.5 Å². The molecule has 0 aromatic heterocycles. The van der Waals surface area contributed by atoms with Crippen molar-refractivity contribution in [3.8, 4) is 5.75 Å². The second kappa shape index (κ2) is 6.98. The van der Waals surface area contributed by atoms with Crippen molar-refractivity contribution in [2.45, 2.75) is 63.8 Å². The van der Waals surface area contributed by atoms with E-state index in [1.165, 1.54) is 24.8 Å². The van der Waals surface area contributed by atoms with Gasteiger partial charge in [-0.2, -0.15) is 0 Å². The lowest BCUT2D eigenvalue weighted by molar-refractivity contribution is -0.146. The molecule has 29 heavy (non-hydrogen) atoms. The lowest BCUT2D eigenvalue weighted by atomic mass is 9.53. The average molecular weight is 400 g/mol. The molecule has 2 heterocycles. The Labute approximate surface area is 173 Å². The Bertz CT molecular complexity index is 797. The summed E-state index contributed by atoms with van der Waals surface area (Å²) in [6.45, 7) is 6.18. The van der Waals surface area contributed by atoms with Crippen molar-refractivity contribution in [1.82, 2.24) is 5.32 Å². The van der Waals surface area contributed by atoms with Crippen LogP contribution in [0.4, 0.5) is 0 Å². The zero-order chi connectivity index (χ0) is 20.2. The van der Waals surface area contributed by atoms with Crippen LogP contribution in [-0.4, -0.2) is 44.0 Å². The van der Waals surface area contributed by atoms with E-state index in [2.05, 4.69) is 25.2 Å². The number of para-hydroxylation sites is 1. The summed E-state index contributed by atoms with van der Waals surface area (Å²) in [5.41, 5.74) is 1.32. The Morgan fingerprint density at radius 1 is 1.31 bits per heavy atom. The summed E-state index contributed by atoms with van der Waals surface area (Å²) in [5.74, 6) is 1.56. The fourth-order valence-corrected chi connectivity index (χ4v) is 6.86. The molecule has 1 N–H and O–H groups in total. The normalized spacial score (nSPS) is 42.4. The minimum absolute atomic E-state index is 0.0178. The summed E-state index contributed by atoms with van der Waals surface area (Å²) < 4.78 is 17.8. The van der Waals surface area contributed by atoms with Crippen LogP contribution in [0.15, 0.2) is 24.3 Å². The Hall–Kier alpha value is -1.59. The van der Waals surface area contributed by atoms with Gasteiger partial charge in [-0.3, -0.25) is 4.79 Å². The number of epoxide rings is 1. The van der Waals surface area contributed by atoms with Crippen LogP contribution in [0, 0.1) is 23.2 Å². The average Bonchev–Trinajstić information content (AvgIpc) is 3.39. The van der Waals surface area contributed by atoms with Crippen LogP contribution in [0.3, 0.4) is 0 Å². The maximum Gasteiger partial charge on any atom is 0.311 e. The molecule has 1 spiro atoms. The van der Waals surface area contributed by atoms with Crippen LogP contribution >= 0.6 is 0 Å². The van der Waals surface area contributed by atoms with E-state index in [-0.39, 0.29) is 41.0 Å². The van der Waals surface area contributed by atoms with Gasteiger partial charge in [0.05, 0.1) is 19.1 Å². The van der Waals surface area contributed by atoms with E-state index in [0.717, 1.165) is 25.1 Å². The van der Waals surface area contributed by atoms with E-state index < -0.39 is 0 Å². The molecule has 0 amide bonds. The van der Waals surface area contributed by atoms with Crippen molar-refractivity contribution < 1.29 is 19.0 Å². The summed E-state index contributed by atoms with van der Waals surface area (Å²) >= 11 is 0. The van der Waals surface area contributed by atoms with Gasteiger partial charge in [-0.1, -0.05) is 38.5 Å². The molecule has 2 aliphatic carbocycles. The molecule has 2 saturated carbocycles. The SMILES string of the molecule is COc1ccccc1CCNCC1C(=O)OC2CC3(C)CCCC(C)C34OC4C21. The van der Waals surface area contributed by atoms with Crippen molar-refractivity contribution in [3.63, 3.8) is 0 Å². The number of carbonyl (C=O) groups excluding carboxylic acids is 1. The van der Waals surface area contributed by atoms with Crippen LogP contribution in [0.1, 0.15) is 45.1 Å². The van der Waals surface area contributed by atoms with Crippen LogP contribution in [0.25, 0.3) is 0 Å². The number of ether oxygens (including phenoxy) is 3. The first kappa shape index (κ1) is 19.4. The Balaban J connectivity index is 1.24. The third kappa shape index (κ3) is 2.84. The smallest absolute Gasteiger partial charge is 0.311 e. The summed E-state index contributed by atoms with van der Waals surface area (Å²) in [6.07, 6.45) is 5.74. The maximum absolute atomic E-state index is 12.7. The highest BCUT2D eigenvalue weighted by Gasteiger charge is 2.78. The van der Waals surface area contributed by atoms with E-state index in [4.69, 9.17) is 14.2 Å². The number of rotatable bonds is 6. The van der Waals surface area contributed by atoms with Gasteiger partial charge in [-0.15, -0.1) is 0 Å². The lowest BCUT2D eigenvalue weighted by Crippen LogP contribution is -2.54. The standard InChI is InChI=1S/C24H33NO4/c1-15-7-6-11-23(2)13-19-20(21-24(15,23)29-21)17(22(26)28-19)14-25-12-10-16-8-4-5-9-18(16)27-3/h4-5,8-9,15,17,19-21,25H,6-7,10-14H2,1-3H3. The van der Waals surface area contributed by atoms with Crippen molar-refractivity contribution in [2.24, 2.45) is 23.2 Å². The van der Waals surface area contributed by atoms with Gasteiger partial charge in [-0.25, -0.2) is 0 Å². The first-order valence-electron chi connectivity index (χ1n) is 11.2. The van der Waals surface area contributed by atoms with Crippen LogP contribution < -0.4 is 10.1 Å². The molecule has 7 atom stereocenters. The van der Waals surface area contributed by atoms with E-state index in [1.54, 1.807) is 7.11 Å². The largest absolute Gasteiger partial charge is 0.496 e. The van der Waals surface area contributed by atoms with Gasteiger partial charge in [0.15, 0.2) is 0 Å². The third-order valence-corrected chi connectivity index (χ3v) is 8.32. The predicted molar refractivity (Wildman–Crippen MR) is 110 cm³/mol. The Morgan fingerprint density at radius 2 is 2.14 bits per heavy atom. The molecule has 158 valence electrons. The number of hydrogen-bond acceptors (Lipinski definition) is 5. The first-order chi connectivity index (χ1) is 14.0. The molecule has 4 aliphatic rings. The second-order valence-corrected chi connectivity index (χ2v) is 9.81. The minimum Gasteiger partial charge on any atom is -0.496 e. The number of carbonyl (C=O) groups is 1. The van der Waals surface area contributed by atoms with Gasteiger partial charge in [0.2, 0.25) is 0 Å². The Kier molecular flexibility index (Phi) is 4.67. The van der Waals surface area contributed by atoms with Crippen molar-refractivity contribution in [1.29, 1.82) is 0 Å². The topological polar surface area (TPSA) is 60.1 Å². The number of methoxy groups -OCH3 is 1. The highest BCUT2D eigenvalue weighted by Crippen LogP contribution is 2.70. The number of benzene rings is 1. The summed E-state index contributed by atoms with van der Waals surface area (Å²) in [6, 6.07) is 8.10. The van der Waals surface area contributed by atoms with E-state index >= 15 is 0 Å². The molecule has 5 nitrogen and oxygen atoms in total. The highest BCUT2D eigenvalue weighted by atomic mass is 16.6. The fraction of sp³-hybridized carbons (Fsp3) is 0.708. The predicted octanol–water partition coefficient (Wildman–Crippen LogP) is 3.35. The molecular formula is C24H33NO4. The monoisotopic (exact) mass is 399 g/mol. The van der Waals surface area contributed by atoms with Crippen LogP contribution in [0.2, 0.25) is 0 Å². The summed E-state index contributed by atoms with van der Waals surface area (Å²) in [5, 5.41) is 3.51. The van der Waals surface area contributed by atoms with Crippen molar-refractivity contribution >= 4 is 5.97 Å². The Morgan fingerprint density at radius 3 is 2.97 bits per heavy atom. The minimum atomic E-state index is -0.0966. The van der Waals surface area contributed by atoms with E-state index in [9.17, 15) is 4.79 Å². The van der Waals surface area contributed by atoms with Crippen molar-refractivity contribution in [2.75, 3.05) is 20.2 Å². The first-order valence-corrected chi connectivity index (χ1v) is 11.2. The summed E-state index contributed by atoms with van der Waals surface area (Å²) in [4.78, 5) is 12.7. The molecule has 7 unspecified atom stereocenters. The molecule has 1 aromatic carbocycles. The molecule has 5 heteroatoms. The zero-order valence-corrected chi connectivity index (χ0v) is 17.8. The van der Waals surface area contributed by atoms with Gasteiger partial charge in [-0.05, 0) is 49.8 Å². The summed E-state index contributed by atoms with van der Waals surface area (Å²) in [7, 11) is 1.70. The molecule has 4 fully saturated rings. The highest BCUT2D eigenvalue weighted by molar-refractivity contribution is 5.76. The molecule has 0 bridgehead atoms. The van der Waals surface area contributed by atoms with Gasteiger partial charge in [0.1, 0.15) is 17.5 Å². The molecule has 2 saturated heterocycles. The van der Waals surface area contributed by atoms with E-state index in [0.29, 0.717) is 12.5 Å². The van der Waals surface area contributed by atoms with Crippen LogP contribution in [0.5, 0.6) is 5.75 Å². The molecule has 5 rings (SSSR count). The molecule has 1 aromatic rings. The number of nitrogens with one attached hydrogen (secondary N) is 1. The zero-order valence-electron chi connectivity index (χ0n) is 17.8. The number of hydrogen-bond donors (Lipinski definition) is 1.